The molecule has 34 heavy (non-hydrogen) atoms. The highest BCUT2D eigenvalue weighted by Gasteiger charge is 2.37. The maximum atomic E-state index is 13.3. The molecular weight excluding hydrogens is 458 g/mol. The quantitative estimate of drug-likeness (QED) is 0.429. The first-order chi connectivity index (χ1) is 15.7. The van der Waals surface area contributed by atoms with Crippen molar-refractivity contribution in [3.8, 4) is 0 Å². The number of anilines is 1. The molecule has 1 amide bonds. The highest BCUT2D eigenvalue weighted by molar-refractivity contribution is 5.74. The molecule has 0 saturated heterocycles. The summed E-state index contributed by atoms with van der Waals surface area (Å²) in [5.41, 5.74) is -0.251. The second-order valence-electron chi connectivity index (χ2n) is 9.07. The summed E-state index contributed by atoms with van der Waals surface area (Å²) in [4.78, 5) is 16.3. The Morgan fingerprint density at radius 2 is 1.62 bits per heavy atom. The molecule has 186 valence electrons. The molecule has 0 aromatic heterocycles. The molecule has 2 aromatic rings. The second kappa shape index (κ2) is 9.50. The number of hydrogen-bond acceptors (Lipinski definition) is 2. The van der Waals surface area contributed by atoms with E-state index in [1.165, 1.54) is 11.8 Å². The van der Waals surface area contributed by atoms with Gasteiger partial charge in [0.2, 0.25) is 5.91 Å². The number of aryl methyl sites for hydroxylation is 1. The topological polar surface area (TPSA) is 23.6 Å². The van der Waals surface area contributed by atoms with Gasteiger partial charge in [0.05, 0.1) is 17.2 Å². The number of carbonyl (C=O) groups excluding carboxylic acids is 1. The van der Waals surface area contributed by atoms with E-state index >= 15 is 0 Å². The SMILES string of the molecule is CC(=O)N(Cc1cc(C(F)(F)F)cc(C(F)(F)F)c1)C1CCCN(C(C)C)c2ccc(C)cc21. The Morgan fingerprint density at radius 1 is 1.03 bits per heavy atom. The van der Waals surface area contributed by atoms with Gasteiger partial charge >= 0.3 is 12.4 Å². The maximum Gasteiger partial charge on any atom is 0.416 e. The van der Waals surface area contributed by atoms with E-state index < -0.39 is 35.4 Å². The number of amides is 1. The van der Waals surface area contributed by atoms with Crippen molar-refractivity contribution in [1.29, 1.82) is 0 Å². The lowest BCUT2D eigenvalue weighted by molar-refractivity contribution is -0.143. The third kappa shape index (κ3) is 5.67. The van der Waals surface area contributed by atoms with Gasteiger partial charge in [-0.05, 0) is 69.0 Å². The van der Waals surface area contributed by atoms with Crippen LogP contribution in [0, 0.1) is 6.92 Å². The van der Waals surface area contributed by atoms with Gasteiger partial charge in [-0.25, -0.2) is 0 Å². The van der Waals surface area contributed by atoms with E-state index in [-0.39, 0.29) is 24.2 Å². The van der Waals surface area contributed by atoms with Crippen LogP contribution in [0.4, 0.5) is 32.0 Å². The molecule has 0 N–H and O–H groups in total. The van der Waals surface area contributed by atoms with Crippen molar-refractivity contribution in [1.82, 2.24) is 4.90 Å². The molecule has 0 fully saturated rings. The Kier molecular flexibility index (Phi) is 7.24. The average Bonchev–Trinajstić information content (AvgIpc) is 2.89. The van der Waals surface area contributed by atoms with Crippen molar-refractivity contribution in [2.45, 2.75) is 71.5 Å². The van der Waals surface area contributed by atoms with Gasteiger partial charge in [-0.1, -0.05) is 17.7 Å². The molecule has 9 heteroatoms. The first kappa shape index (κ1) is 25.9. The molecule has 0 saturated carbocycles. The van der Waals surface area contributed by atoms with Crippen LogP contribution >= 0.6 is 0 Å². The molecule has 0 spiro atoms. The van der Waals surface area contributed by atoms with Gasteiger partial charge in [-0.3, -0.25) is 4.79 Å². The van der Waals surface area contributed by atoms with Crippen LogP contribution in [0.25, 0.3) is 0 Å². The predicted octanol–water partition coefficient (Wildman–Crippen LogP) is 7.13. The standard InChI is InChI=1S/C25H28F6N2O/c1-15(2)32-9-5-6-22(21-10-16(3)7-8-23(21)32)33(17(4)34)14-18-11-19(24(26,27)28)13-20(12-18)25(29,30)31/h7-8,10-13,15,22H,5-6,9,14H2,1-4H3. The fourth-order valence-corrected chi connectivity index (χ4v) is 4.54. The van der Waals surface area contributed by atoms with Crippen LogP contribution in [-0.4, -0.2) is 23.4 Å². The van der Waals surface area contributed by atoms with Crippen LogP contribution in [0.3, 0.4) is 0 Å². The minimum atomic E-state index is -4.94. The monoisotopic (exact) mass is 486 g/mol. The molecule has 1 aliphatic rings. The number of fused-ring (bicyclic) bond motifs is 1. The van der Waals surface area contributed by atoms with Gasteiger partial charge in [0.25, 0.3) is 0 Å². The smallest absolute Gasteiger partial charge is 0.369 e. The number of nitrogens with zero attached hydrogens (tertiary/aromatic N) is 2. The zero-order chi connectivity index (χ0) is 25.4. The maximum absolute atomic E-state index is 13.3. The predicted molar refractivity (Wildman–Crippen MR) is 118 cm³/mol. The summed E-state index contributed by atoms with van der Waals surface area (Å²) in [6.07, 6.45) is -8.62. The van der Waals surface area contributed by atoms with Crippen LogP contribution in [0.15, 0.2) is 36.4 Å². The summed E-state index contributed by atoms with van der Waals surface area (Å²) >= 11 is 0. The number of alkyl halides is 6. The second-order valence-corrected chi connectivity index (χ2v) is 9.07. The van der Waals surface area contributed by atoms with E-state index in [9.17, 15) is 31.1 Å². The third-order valence-corrected chi connectivity index (χ3v) is 6.13. The Morgan fingerprint density at radius 3 is 2.12 bits per heavy atom. The summed E-state index contributed by atoms with van der Waals surface area (Å²) in [6, 6.07) is 7.07. The van der Waals surface area contributed by atoms with Crippen molar-refractivity contribution in [2.24, 2.45) is 0 Å². The zero-order valence-corrected chi connectivity index (χ0v) is 19.5. The molecule has 3 rings (SSSR count). The summed E-state index contributed by atoms with van der Waals surface area (Å²) in [6.45, 7) is 7.67. The van der Waals surface area contributed by atoms with Gasteiger partial charge in [-0.15, -0.1) is 0 Å². The van der Waals surface area contributed by atoms with Crippen molar-refractivity contribution in [2.75, 3.05) is 11.4 Å². The van der Waals surface area contributed by atoms with Crippen LogP contribution in [-0.2, 0) is 23.7 Å². The van der Waals surface area contributed by atoms with Gasteiger partial charge in [-0.2, -0.15) is 26.3 Å². The number of hydrogen-bond donors (Lipinski definition) is 0. The lowest BCUT2D eigenvalue weighted by Gasteiger charge is -2.34. The molecule has 1 heterocycles. The third-order valence-electron chi connectivity index (χ3n) is 6.13. The van der Waals surface area contributed by atoms with Crippen molar-refractivity contribution >= 4 is 11.6 Å². The minimum Gasteiger partial charge on any atom is -0.369 e. The van der Waals surface area contributed by atoms with Crippen molar-refractivity contribution in [3.63, 3.8) is 0 Å². The van der Waals surface area contributed by atoms with Crippen LogP contribution in [0.1, 0.15) is 67.5 Å². The number of benzene rings is 2. The summed E-state index contributed by atoms with van der Waals surface area (Å²) in [5, 5.41) is 0. The number of carbonyl (C=O) groups is 1. The first-order valence-corrected chi connectivity index (χ1v) is 11.1. The van der Waals surface area contributed by atoms with E-state index in [1.807, 2.05) is 39.0 Å². The fraction of sp³-hybridized carbons (Fsp3) is 0.480. The summed E-state index contributed by atoms with van der Waals surface area (Å²) < 4.78 is 80.1. The Bertz CT molecular complexity index is 1010. The van der Waals surface area contributed by atoms with Gasteiger partial charge < -0.3 is 9.80 Å². The first-order valence-electron chi connectivity index (χ1n) is 11.1. The molecule has 0 bridgehead atoms. The van der Waals surface area contributed by atoms with E-state index in [0.29, 0.717) is 18.6 Å². The largest absolute Gasteiger partial charge is 0.416 e. The van der Waals surface area contributed by atoms with Crippen LogP contribution < -0.4 is 4.90 Å². The highest BCUT2D eigenvalue weighted by Crippen LogP contribution is 2.40. The van der Waals surface area contributed by atoms with Crippen LogP contribution in [0.5, 0.6) is 0 Å². The fourth-order valence-electron chi connectivity index (χ4n) is 4.54. The molecule has 3 nitrogen and oxygen atoms in total. The summed E-state index contributed by atoms with van der Waals surface area (Å²) in [5.74, 6) is -0.415. The summed E-state index contributed by atoms with van der Waals surface area (Å²) in [7, 11) is 0. The van der Waals surface area contributed by atoms with E-state index in [2.05, 4.69) is 4.90 Å². The Labute approximate surface area is 195 Å². The lowest BCUT2D eigenvalue weighted by Crippen LogP contribution is -2.33. The van der Waals surface area contributed by atoms with Gasteiger partial charge in [0.1, 0.15) is 0 Å². The van der Waals surface area contributed by atoms with E-state index in [1.54, 1.807) is 0 Å². The average molecular weight is 487 g/mol. The minimum absolute atomic E-state index is 0.104. The normalized spacial score (nSPS) is 16.9. The van der Waals surface area contributed by atoms with E-state index in [4.69, 9.17) is 0 Å². The lowest BCUT2D eigenvalue weighted by atomic mass is 9.96. The molecule has 1 aliphatic heterocycles. The molecule has 1 atom stereocenters. The van der Waals surface area contributed by atoms with E-state index in [0.717, 1.165) is 29.8 Å². The zero-order valence-electron chi connectivity index (χ0n) is 19.5. The molecule has 0 aliphatic carbocycles. The van der Waals surface area contributed by atoms with Gasteiger partial charge in [0.15, 0.2) is 0 Å². The van der Waals surface area contributed by atoms with Crippen molar-refractivity contribution in [3.05, 3.63) is 64.2 Å². The van der Waals surface area contributed by atoms with Crippen LogP contribution in [0.2, 0.25) is 0 Å². The number of rotatable bonds is 4. The highest BCUT2D eigenvalue weighted by atomic mass is 19.4. The Balaban J connectivity index is 2.09. The number of halogens is 6. The Hall–Kier alpha value is -2.71. The molecule has 0 radical (unpaired) electrons. The molecule has 1 unspecified atom stereocenters. The van der Waals surface area contributed by atoms with Gasteiger partial charge in [0, 0.05) is 31.7 Å². The molecular formula is C25H28F6N2O. The van der Waals surface area contributed by atoms with Crippen molar-refractivity contribution < 1.29 is 31.1 Å². The molecule has 2 aromatic carbocycles.